The molecule has 7 heteroatoms. The van der Waals surface area contributed by atoms with E-state index in [1.54, 1.807) is 7.05 Å². The number of amidine groups is 1. The van der Waals surface area contributed by atoms with Crippen molar-refractivity contribution < 1.29 is 9.53 Å². The Kier molecular flexibility index (Phi) is 4.08. The van der Waals surface area contributed by atoms with Crippen molar-refractivity contribution >= 4 is 34.9 Å². The number of carbonyl (C=O) groups excluding carboxylic acids is 1. The van der Waals surface area contributed by atoms with Gasteiger partial charge in [0.15, 0.2) is 0 Å². The van der Waals surface area contributed by atoms with Gasteiger partial charge in [-0.3, -0.25) is 4.79 Å². The molecule has 0 bridgehead atoms. The molecule has 0 radical (unpaired) electrons. The molecule has 5 nitrogen and oxygen atoms in total. The van der Waals surface area contributed by atoms with E-state index < -0.39 is 0 Å². The summed E-state index contributed by atoms with van der Waals surface area (Å²) in [5, 5.41) is 4.96. The summed E-state index contributed by atoms with van der Waals surface area (Å²) in [6.07, 6.45) is 0. The number of ether oxygens (including phenoxy) is 1. The van der Waals surface area contributed by atoms with E-state index in [1.165, 1.54) is 11.3 Å². The minimum Gasteiger partial charge on any atom is -0.463 e. The van der Waals surface area contributed by atoms with Crippen LogP contribution in [0.5, 0.6) is 0 Å². The molecule has 0 saturated heterocycles. The summed E-state index contributed by atoms with van der Waals surface area (Å²) in [5.74, 6) is -0.159. The van der Waals surface area contributed by atoms with Crippen molar-refractivity contribution in [3.05, 3.63) is 20.8 Å². The fourth-order valence-corrected chi connectivity index (χ4v) is 2.93. The highest BCUT2D eigenvalue weighted by atomic mass is 35.5. The number of nitrogens with one attached hydrogen (secondary N) is 1. The van der Waals surface area contributed by atoms with Gasteiger partial charge in [-0.2, -0.15) is 0 Å². The molecule has 1 aliphatic heterocycles. The van der Waals surface area contributed by atoms with E-state index in [4.69, 9.17) is 16.3 Å². The Morgan fingerprint density at radius 2 is 2.50 bits per heavy atom. The largest absolute Gasteiger partial charge is 0.463 e. The van der Waals surface area contributed by atoms with Crippen molar-refractivity contribution in [3.8, 4) is 0 Å². The third-order valence-corrected chi connectivity index (χ3v) is 4.11. The lowest BCUT2D eigenvalue weighted by Crippen LogP contribution is -2.26. The quantitative estimate of drug-likeness (QED) is 0.918. The van der Waals surface area contributed by atoms with Crippen LogP contribution < -0.4 is 5.32 Å². The first kappa shape index (κ1) is 13.2. The van der Waals surface area contributed by atoms with Gasteiger partial charge in [0, 0.05) is 26.2 Å². The zero-order chi connectivity index (χ0) is 13.1. The summed E-state index contributed by atoms with van der Waals surface area (Å²) in [6.45, 7) is 1.90. The lowest BCUT2D eigenvalue weighted by atomic mass is 10.3. The van der Waals surface area contributed by atoms with Crippen LogP contribution in [0, 0.1) is 0 Å². The molecule has 0 atom stereocenters. The van der Waals surface area contributed by atoms with Gasteiger partial charge in [0.1, 0.15) is 11.5 Å². The highest BCUT2D eigenvalue weighted by Crippen LogP contribution is 2.28. The fourth-order valence-electron chi connectivity index (χ4n) is 1.63. The van der Waals surface area contributed by atoms with Crippen LogP contribution in [-0.2, 0) is 11.3 Å². The second kappa shape index (κ2) is 5.58. The third-order valence-electron chi connectivity index (χ3n) is 2.54. The SMILES string of the molecule is CNC(=O)c1scc(CN(C)C2=NCCO2)c1Cl. The highest BCUT2D eigenvalue weighted by Gasteiger charge is 2.19. The van der Waals surface area contributed by atoms with Crippen LogP contribution in [0.4, 0.5) is 0 Å². The van der Waals surface area contributed by atoms with E-state index in [2.05, 4.69) is 10.3 Å². The van der Waals surface area contributed by atoms with E-state index in [0.29, 0.717) is 35.6 Å². The molecule has 0 aliphatic carbocycles. The second-order valence-electron chi connectivity index (χ2n) is 3.85. The first-order valence-corrected chi connectivity index (χ1v) is 6.75. The Balaban J connectivity index is 2.10. The molecule has 2 heterocycles. The second-order valence-corrected chi connectivity index (χ2v) is 5.11. The van der Waals surface area contributed by atoms with Crippen molar-refractivity contribution in [3.63, 3.8) is 0 Å². The Bertz CT molecular complexity index is 487. The number of hydrogen-bond acceptors (Lipinski definition) is 5. The molecule has 2 rings (SSSR count). The Morgan fingerprint density at radius 1 is 1.72 bits per heavy atom. The molecule has 0 unspecified atom stereocenters. The van der Waals surface area contributed by atoms with Gasteiger partial charge in [-0.15, -0.1) is 11.3 Å². The Hall–Kier alpha value is -1.27. The summed E-state index contributed by atoms with van der Waals surface area (Å²) >= 11 is 7.53. The smallest absolute Gasteiger partial charge is 0.287 e. The van der Waals surface area contributed by atoms with Gasteiger partial charge in [-0.05, 0) is 5.38 Å². The lowest BCUT2D eigenvalue weighted by Gasteiger charge is -2.17. The molecular weight excluding hydrogens is 274 g/mol. The molecule has 0 aromatic carbocycles. The van der Waals surface area contributed by atoms with Crippen LogP contribution in [-0.4, -0.2) is 44.1 Å². The zero-order valence-electron chi connectivity index (χ0n) is 10.2. The van der Waals surface area contributed by atoms with Gasteiger partial charge < -0.3 is 15.0 Å². The van der Waals surface area contributed by atoms with Crippen molar-refractivity contribution in [1.29, 1.82) is 0 Å². The van der Waals surface area contributed by atoms with Gasteiger partial charge in [0.25, 0.3) is 11.9 Å². The van der Waals surface area contributed by atoms with E-state index in [9.17, 15) is 4.79 Å². The van der Waals surface area contributed by atoms with Crippen molar-refractivity contribution in [2.75, 3.05) is 27.2 Å². The van der Waals surface area contributed by atoms with Crippen LogP contribution in [0.15, 0.2) is 10.4 Å². The average molecular weight is 288 g/mol. The van der Waals surface area contributed by atoms with Crippen LogP contribution in [0.3, 0.4) is 0 Å². The van der Waals surface area contributed by atoms with E-state index in [-0.39, 0.29) is 5.91 Å². The van der Waals surface area contributed by atoms with Gasteiger partial charge in [0.05, 0.1) is 11.6 Å². The number of halogens is 1. The number of carbonyl (C=O) groups is 1. The lowest BCUT2D eigenvalue weighted by molar-refractivity contribution is 0.0967. The van der Waals surface area contributed by atoms with Crippen LogP contribution >= 0.6 is 22.9 Å². The molecule has 0 spiro atoms. The van der Waals surface area contributed by atoms with E-state index >= 15 is 0 Å². The summed E-state index contributed by atoms with van der Waals surface area (Å²) in [5.41, 5.74) is 0.904. The minimum atomic E-state index is -0.159. The number of aliphatic imine (C=N–C) groups is 1. The van der Waals surface area contributed by atoms with Crippen molar-refractivity contribution in [1.82, 2.24) is 10.2 Å². The first-order chi connectivity index (χ1) is 8.63. The van der Waals surface area contributed by atoms with E-state index in [0.717, 1.165) is 5.56 Å². The molecule has 1 amide bonds. The topological polar surface area (TPSA) is 53.9 Å². The maximum Gasteiger partial charge on any atom is 0.287 e. The minimum absolute atomic E-state index is 0.159. The Morgan fingerprint density at radius 3 is 3.11 bits per heavy atom. The summed E-state index contributed by atoms with van der Waals surface area (Å²) in [6, 6.07) is 0.624. The zero-order valence-corrected chi connectivity index (χ0v) is 11.8. The predicted octanol–water partition coefficient (Wildman–Crippen LogP) is 1.58. The number of thiophene rings is 1. The van der Waals surface area contributed by atoms with Crippen molar-refractivity contribution in [2.45, 2.75) is 6.54 Å². The predicted molar refractivity (Wildman–Crippen MR) is 72.4 cm³/mol. The van der Waals surface area contributed by atoms with Crippen LogP contribution in [0.25, 0.3) is 0 Å². The standard InChI is InChI=1S/C11H14ClN3O2S/c1-13-10(16)9-8(12)7(6-18-9)5-15(2)11-14-3-4-17-11/h6H,3-5H2,1-2H3,(H,13,16). The fraction of sp³-hybridized carbons (Fsp3) is 0.455. The summed E-state index contributed by atoms with van der Waals surface area (Å²) in [7, 11) is 3.48. The van der Waals surface area contributed by atoms with Crippen LogP contribution in [0.2, 0.25) is 5.02 Å². The number of nitrogens with zero attached hydrogens (tertiary/aromatic N) is 2. The maximum atomic E-state index is 11.5. The molecule has 1 aromatic rings. The average Bonchev–Trinajstić information content (AvgIpc) is 3.00. The monoisotopic (exact) mass is 287 g/mol. The third kappa shape index (κ3) is 2.59. The molecule has 0 saturated carbocycles. The van der Waals surface area contributed by atoms with Crippen molar-refractivity contribution in [2.24, 2.45) is 4.99 Å². The molecule has 1 aromatic heterocycles. The normalized spacial score (nSPS) is 14.1. The van der Waals surface area contributed by atoms with Gasteiger partial charge in [-0.25, -0.2) is 4.99 Å². The number of amides is 1. The maximum absolute atomic E-state index is 11.5. The molecule has 98 valence electrons. The number of hydrogen-bond donors (Lipinski definition) is 1. The molecule has 18 heavy (non-hydrogen) atoms. The molecule has 0 fully saturated rings. The van der Waals surface area contributed by atoms with Crippen LogP contribution in [0.1, 0.15) is 15.2 Å². The molecular formula is C11H14ClN3O2S. The van der Waals surface area contributed by atoms with Gasteiger partial charge in [0.2, 0.25) is 0 Å². The summed E-state index contributed by atoms with van der Waals surface area (Å²) in [4.78, 5) is 18.2. The van der Waals surface area contributed by atoms with E-state index in [1.807, 2.05) is 17.3 Å². The first-order valence-electron chi connectivity index (χ1n) is 5.49. The number of rotatable bonds is 3. The van der Waals surface area contributed by atoms with Gasteiger partial charge >= 0.3 is 0 Å². The molecule has 1 aliphatic rings. The van der Waals surface area contributed by atoms with Gasteiger partial charge in [-0.1, -0.05) is 11.6 Å². The molecule has 1 N–H and O–H groups in total. The summed E-state index contributed by atoms with van der Waals surface area (Å²) < 4.78 is 5.36. The highest BCUT2D eigenvalue weighted by molar-refractivity contribution is 7.13. The Labute approximate surface area is 114 Å².